The number of carbonyl (C=O) groups is 2. The smallest absolute Gasteiger partial charge is 0.313 e. The van der Waals surface area contributed by atoms with Crippen molar-refractivity contribution in [2.75, 3.05) is 0 Å². The fourth-order valence-electron chi connectivity index (χ4n) is 1.87. The lowest BCUT2D eigenvalue weighted by molar-refractivity contribution is -0.154. The van der Waals surface area contributed by atoms with Crippen LogP contribution in [0.5, 0.6) is 0 Å². The molecule has 14 heavy (non-hydrogen) atoms. The molecule has 1 fully saturated rings. The molecule has 0 radical (unpaired) electrons. The summed E-state index contributed by atoms with van der Waals surface area (Å²) in [7, 11) is 0. The average Bonchev–Trinajstić information content (AvgIpc) is 2.07. The quantitative estimate of drug-likeness (QED) is 0.515. The number of hydrogen-bond donors (Lipinski definition) is 0. The highest BCUT2D eigenvalue weighted by Gasteiger charge is 2.24. The van der Waals surface area contributed by atoms with Crippen LogP contribution in [0.15, 0.2) is 0 Å². The highest BCUT2D eigenvalue weighted by Crippen LogP contribution is 2.26. The highest BCUT2D eigenvalue weighted by molar-refractivity contribution is 5.94. The fourth-order valence-corrected chi connectivity index (χ4v) is 1.87. The Labute approximate surface area is 84.8 Å². The van der Waals surface area contributed by atoms with Gasteiger partial charge in [0.25, 0.3) is 0 Å². The molecule has 0 aromatic carbocycles. The second-order valence-electron chi connectivity index (χ2n) is 4.17. The highest BCUT2D eigenvalue weighted by atomic mass is 16.5. The van der Waals surface area contributed by atoms with Gasteiger partial charge in [-0.3, -0.25) is 9.59 Å². The molecular weight excluding hydrogens is 180 g/mol. The molecule has 0 heterocycles. The maximum absolute atomic E-state index is 11.2. The van der Waals surface area contributed by atoms with Crippen LogP contribution >= 0.6 is 0 Å². The van der Waals surface area contributed by atoms with E-state index in [0.717, 1.165) is 19.3 Å². The van der Waals surface area contributed by atoms with E-state index in [0.29, 0.717) is 5.92 Å². The third kappa shape index (κ3) is 3.48. The number of carbonyl (C=O) groups excluding carboxylic acids is 2. The van der Waals surface area contributed by atoms with Crippen molar-refractivity contribution in [2.45, 2.75) is 52.1 Å². The largest absolute Gasteiger partial charge is 0.462 e. The number of ether oxygens (including phenoxy) is 1. The van der Waals surface area contributed by atoms with Crippen LogP contribution in [0.1, 0.15) is 46.0 Å². The molecule has 2 unspecified atom stereocenters. The summed E-state index contributed by atoms with van der Waals surface area (Å²) in [5.74, 6) is -0.0469. The van der Waals surface area contributed by atoms with Crippen LogP contribution in [0, 0.1) is 5.92 Å². The first-order valence-electron chi connectivity index (χ1n) is 5.28. The van der Waals surface area contributed by atoms with Crippen LogP contribution < -0.4 is 0 Å². The topological polar surface area (TPSA) is 43.4 Å². The van der Waals surface area contributed by atoms with Crippen molar-refractivity contribution >= 4 is 11.8 Å². The van der Waals surface area contributed by atoms with Gasteiger partial charge in [-0.05, 0) is 32.1 Å². The first kappa shape index (κ1) is 11.2. The Morgan fingerprint density at radius 2 is 1.93 bits per heavy atom. The Bertz CT molecular complexity index is 223. The third-order valence-corrected chi connectivity index (χ3v) is 2.71. The van der Waals surface area contributed by atoms with Gasteiger partial charge < -0.3 is 4.74 Å². The number of esters is 1. The van der Waals surface area contributed by atoms with Crippen LogP contribution in [0.2, 0.25) is 0 Å². The van der Waals surface area contributed by atoms with Crippen LogP contribution in [0.4, 0.5) is 0 Å². The molecule has 3 heteroatoms. The normalized spacial score (nSPS) is 27.0. The van der Waals surface area contributed by atoms with Gasteiger partial charge in [0.2, 0.25) is 0 Å². The zero-order valence-electron chi connectivity index (χ0n) is 8.91. The molecule has 3 nitrogen and oxygen atoms in total. The van der Waals surface area contributed by atoms with Crippen molar-refractivity contribution in [3.8, 4) is 0 Å². The lowest BCUT2D eigenvalue weighted by Crippen LogP contribution is -2.28. The standard InChI is InChI=1S/C11H18O3/c1-8-5-3-4-6-10(8)14-11(13)7-9(2)12/h8,10H,3-7H2,1-2H3. The average molecular weight is 198 g/mol. The van der Waals surface area contributed by atoms with Gasteiger partial charge in [0.15, 0.2) is 0 Å². The Morgan fingerprint density at radius 1 is 1.29 bits per heavy atom. The summed E-state index contributed by atoms with van der Waals surface area (Å²) in [4.78, 5) is 21.9. The van der Waals surface area contributed by atoms with Crippen molar-refractivity contribution in [3.05, 3.63) is 0 Å². The Hall–Kier alpha value is -0.860. The molecule has 1 aliphatic rings. The van der Waals surface area contributed by atoms with Crippen LogP contribution in [-0.2, 0) is 14.3 Å². The van der Waals surface area contributed by atoms with Crippen LogP contribution in [-0.4, -0.2) is 17.9 Å². The van der Waals surface area contributed by atoms with Crippen molar-refractivity contribution in [2.24, 2.45) is 5.92 Å². The second-order valence-corrected chi connectivity index (χ2v) is 4.17. The molecule has 1 aliphatic carbocycles. The van der Waals surface area contributed by atoms with E-state index < -0.39 is 0 Å². The molecule has 0 aromatic heterocycles. The van der Waals surface area contributed by atoms with Crippen molar-refractivity contribution < 1.29 is 14.3 Å². The monoisotopic (exact) mass is 198 g/mol. The number of rotatable bonds is 3. The van der Waals surface area contributed by atoms with Crippen LogP contribution in [0.25, 0.3) is 0 Å². The van der Waals surface area contributed by atoms with Gasteiger partial charge in [-0.15, -0.1) is 0 Å². The van der Waals surface area contributed by atoms with Gasteiger partial charge in [0.05, 0.1) is 0 Å². The number of ketones is 1. The Kier molecular flexibility index (Phi) is 4.11. The third-order valence-electron chi connectivity index (χ3n) is 2.71. The minimum absolute atomic E-state index is 0.0376. The summed E-state index contributed by atoms with van der Waals surface area (Å²) in [5, 5.41) is 0. The molecule has 0 aliphatic heterocycles. The first-order valence-corrected chi connectivity index (χ1v) is 5.28. The lowest BCUT2D eigenvalue weighted by Gasteiger charge is -2.28. The second kappa shape index (κ2) is 5.13. The summed E-state index contributed by atoms with van der Waals surface area (Å²) < 4.78 is 5.25. The van der Waals surface area contributed by atoms with Crippen LogP contribution in [0.3, 0.4) is 0 Å². The Balaban J connectivity index is 2.34. The summed E-state index contributed by atoms with van der Waals surface area (Å²) >= 11 is 0. The summed E-state index contributed by atoms with van der Waals surface area (Å²) in [6, 6.07) is 0. The lowest BCUT2D eigenvalue weighted by atomic mass is 9.88. The van der Waals surface area contributed by atoms with E-state index in [9.17, 15) is 9.59 Å². The molecule has 2 atom stereocenters. The predicted octanol–water partition coefficient (Wildman–Crippen LogP) is 2.09. The summed E-state index contributed by atoms with van der Waals surface area (Å²) in [5.41, 5.74) is 0. The minimum Gasteiger partial charge on any atom is -0.462 e. The summed E-state index contributed by atoms with van der Waals surface area (Å²) in [6.07, 6.45) is 4.38. The predicted molar refractivity (Wildman–Crippen MR) is 52.8 cm³/mol. The van der Waals surface area contributed by atoms with Gasteiger partial charge in [-0.25, -0.2) is 0 Å². The molecule has 1 saturated carbocycles. The van der Waals surface area contributed by atoms with Crippen molar-refractivity contribution in [3.63, 3.8) is 0 Å². The fraction of sp³-hybridized carbons (Fsp3) is 0.818. The molecule has 0 saturated heterocycles. The van der Waals surface area contributed by atoms with E-state index in [1.165, 1.54) is 13.3 Å². The molecule has 0 spiro atoms. The van der Waals surface area contributed by atoms with E-state index >= 15 is 0 Å². The van der Waals surface area contributed by atoms with Gasteiger partial charge in [-0.2, -0.15) is 0 Å². The first-order chi connectivity index (χ1) is 6.59. The Morgan fingerprint density at radius 3 is 2.50 bits per heavy atom. The minimum atomic E-state index is -0.365. The zero-order valence-corrected chi connectivity index (χ0v) is 8.91. The molecule has 0 aromatic rings. The molecule has 0 bridgehead atoms. The number of Topliss-reactive ketones (excluding diaryl/α,β-unsaturated/α-hetero) is 1. The maximum Gasteiger partial charge on any atom is 0.313 e. The van der Waals surface area contributed by atoms with E-state index in [-0.39, 0.29) is 24.3 Å². The van der Waals surface area contributed by atoms with E-state index in [4.69, 9.17) is 4.74 Å². The molecule has 0 amide bonds. The molecule has 0 N–H and O–H groups in total. The van der Waals surface area contributed by atoms with Gasteiger partial charge in [-0.1, -0.05) is 13.3 Å². The zero-order chi connectivity index (χ0) is 10.6. The summed E-state index contributed by atoms with van der Waals surface area (Å²) in [6.45, 7) is 3.51. The maximum atomic E-state index is 11.2. The number of hydrogen-bond acceptors (Lipinski definition) is 3. The van der Waals surface area contributed by atoms with Crippen molar-refractivity contribution in [1.29, 1.82) is 0 Å². The van der Waals surface area contributed by atoms with E-state index in [2.05, 4.69) is 6.92 Å². The molecular formula is C11H18O3. The van der Waals surface area contributed by atoms with Gasteiger partial charge in [0.1, 0.15) is 18.3 Å². The van der Waals surface area contributed by atoms with Gasteiger partial charge in [0, 0.05) is 0 Å². The van der Waals surface area contributed by atoms with E-state index in [1.54, 1.807) is 0 Å². The van der Waals surface area contributed by atoms with Gasteiger partial charge >= 0.3 is 5.97 Å². The molecule has 1 rings (SSSR count). The van der Waals surface area contributed by atoms with E-state index in [1.807, 2.05) is 0 Å². The SMILES string of the molecule is CC(=O)CC(=O)OC1CCCCC1C. The van der Waals surface area contributed by atoms with Crippen molar-refractivity contribution in [1.82, 2.24) is 0 Å². The molecule has 80 valence electrons.